The zero-order valence-electron chi connectivity index (χ0n) is 14.6. The minimum Gasteiger partial charge on any atom is -0.469 e. The fraction of sp³-hybridized carbons (Fsp3) is 0.556. The van der Waals surface area contributed by atoms with Crippen LogP contribution < -0.4 is 10.6 Å². The largest absolute Gasteiger partial charge is 0.469 e. The van der Waals surface area contributed by atoms with E-state index in [1.54, 1.807) is 7.11 Å². The molecule has 0 unspecified atom stereocenters. The highest BCUT2D eigenvalue weighted by molar-refractivity contribution is 5.89. The van der Waals surface area contributed by atoms with Crippen LogP contribution in [0.15, 0.2) is 24.3 Å². The number of ether oxygens (including phenoxy) is 2. The van der Waals surface area contributed by atoms with Gasteiger partial charge in [0.1, 0.15) is 0 Å². The molecule has 1 aromatic rings. The van der Waals surface area contributed by atoms with Gasteiger partial charge in [0.25, 0.3) is 0 Å². The Morgan fingerprint density at radius 3 is 2.38 bits per heavy atom. The van der Waals surface area contributed by atoms with Crippen molar-refractivity contribution in [2.24, 2.45) is 0 Å². The molecule has 2 rings (SSSR count). The number of carbonyl (C=O) groups is 2. The number of rotatable bonds is 7. The lowest BCUT2D eigenvalue weighted by atomic mass is 9.77. The maximum atomic E-state index is 12.2. The normalized spacial score (nSPS) is 16.6. The second kappa shape index (κ2) is 8.15. The Kier molecular flexibility index (Phi) is 6.20. The zero-order valence-corrected chi connectivity index (χ0v) is 14.6. The second-order valence-electron chi connectivity index (χ2n) is 6.45. The molecular formula is C18H26N2O4. The summed E-state index contributed by atoms with van der Waals surface area (Å²) in [6.07, 6.45) is 3.33. The highest BCUT2D eigenvalue weighted by atomic mass is 16.5. The number of hydrogen-bond acceptors (Lipinski definition) is 4. The van der Waals surface area contributed by atoms with Crippen LogP contribution >= 0.6 is 0 Å². The zero-order chi connectivity index (χ0) is 17.6. The smallest absolute Gasteiger partial charge is 0.319 e. The Bertz CT molecular complexity index is 567. The van der Waals surface area contributed by atoms with Gasteiger partial charge in [0.05, 0.1) is 25.7 Å². The molecule has 1 aliphatic carbocycles. The summed E-state index contributed by atoms with van der Waals surface area (Å²) in [5.74, 6) is -0.159. The van der Waals surface area contributed by atoms with E-state index in [9.17, 15) is 9.59 Å². The molecule has 132 valence electrons. The number of methoxy groups -OCH3 is 2. The molecule has 1 fully saturated rings. The van der Waals surface area contributed by atoms with Gasteiger partial charge in [-0.25, -0.2) is 4.79 Å². The number of anilines is 1. The molecule has 0 bridgehead atoms. The summed E-state index contributed by atoms with van der Waals surface area (Å²) in [5, 5.41) is 5.86. The first-order valence-corrected chi connectivity index (χ1v) is 8.23. The van der Waals surface area contributed by atoms with Crippen LogP contribution in [0.3, 0.4) is 0 Å². The number of hydrogen-bond donors (Lipinski definition) is 2. The number of esters is 1. The average molecular weight is 334 g/mol. The molecule has 24 heavy (non-hydrogen) atoms. The molecule has 0 saturated heterocycles. The van der Waals surface area contributed by atoms with E-state index in [4.69, 9.17) is 4.74 Å². The van der Waals surface area contributed by atoms with Crippen molar-refractivity contribution in [3.63, 3.8) is 0 Å². The second-order valence-corrected chi connectivity index (χ2v) is 6.45. The van der Waals surface area contributed by atoms with Crippen LogP contribution in [-0.4, -0.2) is 38.4 Å². The van der Waals surface area contributed by atoms with Gasteiger partial charge in [-0.3, -0.25) is 4.79 Å². The van der Waals surface area contributed by atoms with Crippen molar-refractivity contribution in [2.75, 3.05) is 26.1 Å². The molecule has 1 aromatic carbocycles. The number of nitrogens with one attached hydrogen (secondary N) is 2. The fourth-order valence-electron chi connectivity index (χ4n) is 2.93. The van der Waals surface area contributed by atoms with Gasteiger partial charge in [-0.1, -0.05) is 19.1 Å². The van der Waals surface area contributed by atoms with Crippen molar-refractivity contribution in [1.82, 2.24) is 5.32 Å². The Morgan fingerprint density at radius 1 is 1.21 bits per heavy atom. The van der Waals surface area contributed by atoms with E-state index < -0.39 is 0 Å². The van der Waals surface area contributed by atoms with E-state index in [2.05, 4.69) is 15.4 Å². The van der Waals surface area contributed by atoms with Crippen LogP contribution in [0.2, 0.25) is 0 Å². The summed E-state index contributed by atoms with van der Waals surface area (Å²) in [5.41, 5.74) is 1.52. The predicted molar refractivity (Wildman–Crippen MR) is 92.1 cm³/mol. The van der Waals surface area contributed by atoms with Gasteiger partial charge in [0.2, 0.25) is 0 Å². The van der Waals surface area contributed by atoms with Crippen molar-refractivity contribution in [3.05, 3.63) is 29.8 Å². The van der Waals surface area contributed by atoms with E-state index in [1.165, 1.54) is 7.11 Å². The summed E-state index contributed by atoms with van der Waals surface area (Å²) < 4.78 is 9.89. The van der Waals surface area contributed by atoms with Crippen molar-refractivity contribution >= 4 is 17.7 Å². The van der Waals surface area contributed by atoms with E-state index >= 15 is 0 Å². The predicted octanol–water partition coefficient (Wildman–Crippen LogP) is 3.04. The Morgan fingerprint density at radius 2 is 1.88 bits per heavy atom. The van der Waals surface area contributed by atoms with Gasteiger partial charge < -0.3 is 20.1 Å². The molecule has 2 amide bonds. The first kappa shape index (κ1) is 18.3. The lowest BCUT2D eigenvalue weighted by Gasteiger charge is -2.41. The summed E-state index contributed by atoms with van der Waals surface area (Å²) in [6, 6.07) is 7.29. The van der Waals surface area contributed by atoms with Crippen molar-refractivity contribution in [3.8, 4) is 0 Å². The number of carbonyl (C=O) groups excluding carboxylic acids is 2. The third kappa shape index (κ3) is 4.71. The lowest BCUT2D eigenvalue weighted by Crippen LogP contribution is -2.57. The van der Waals surface area contributed by atoms with Gasteiger partial charge in [0.15, 0.2) is 0 Å². The maximum Gasteiger partial charge on any atom is 0.319 e. The minimum absolute atomic E-state index is 0.0697. The third-order valence-electron chi connectivity index (χ3n) is 4.55. The van der Waals surface area contributed by atoms with Crippen molar-refractivity contribution < 1.29 is 19.1 Å². The number of benzene rings is 1. The fourth-order valence-corrected chi connectivity index (χ4v) is 2.93. The summed E-state index contributed by atoms with van der Waals surface area (Å²) in [4.78, 5) is 23.5. The monoisotopic (exact) mass is 334 g/mol. The molecule has 0 aliphatic heterocycles. The maximum absolute atomic E-state index is 12.2. The molecule has 0 aromatic heterocycles. The van der Waals surface area contributed by atoms with Crippen LogP contribution in [0.5, 0.6) is 0 Å². The van der Waals surface area contributed by atoms with Gasteiger partial charge in [-0.15, -0.1) is 0 Å². The summed E-state index contributed by atoms with van der Waals surface area (Å²) in [7, 11) is 3.03. The molecule has 0 heterocycles. The molecule has 2 N–H and O–H groups in total. The third-order valence-corrected chi connectivity index (χ3v) is 4.55. The van der Waals surface area contributed by atoms with Crippen LogP contribution in [0, 0.1) is 0 Å². The molecular weight excluding hydrogens is 308 g/mol. The molecule has 1 aliphatic rings. The molecule has 0 radical (unpaired) electrons. The summed E-state index contributed by atoms with van der Waals surface area (Å²) >= 11 is 0. The quantitative estimate of drug-likeness (QED) is 0.752. The van der Waals surface area contributed by atoms with E-state index in [1.807, 2.05) is 31.2 Å². The highest BCUT2D eigenvalue weighted by Gasteiger charge is 2.38. The van der Waals surface area contributed by atoms with Crippen LogP contribution in [0.1, 0.15) is 44.1 Å². The van der Waals surface area contributed by atoms with Crippen molar-refractivity contribution in [2.45, 2.75) is 44.1 Å². The lowest BCUT2D eigenvalue weighted by molar-refractivity contribution is -0.140. The topological polar surface area (TPSA) is 76.7 Å². The molecule has 1 atom stereocenters. The van der Waals surface area contributed by atoms with E-state index in [-0.39, 0.29) is 23.5 Å². The molecule has 6 nitrogen and oxygen atoms in total. The van der Waals surface area contributed by atoms with Gasteiger partial charge in [0, 0.05) is 12.8 Å². The first-order valence-electron chi connectivity index (χ1n) is 8.23. The Balaban J connectivity index is 1.89. The van der Waals surface area contributed by atoms with Gasteiger partial charge >= 0.3 is 12.0 Å². The Labute approximate surface area is 142 Å². The van der Waals surface area contributed by atoms with Crippen LogP contribution in [-0.2, 0) is 14.3 Å². The van der Waals surface area contributed by atoms with Gasteiger partial charge in [-0.2, -0.15) is 0 Å². The van der Waals surface area contributed by atoms with E-state index in [0.29, 0.717) is 18.7 Å². The standard InChI is InChI=1S/C18H26N2O4/c1-13(11-16(21)24-3)14-5-7-15(8-6-14)19-17(22)20-18(12-23-2)9-4-10-18/h5-8,13H,4,9-12H2,1-3H3,(H2,19,20,22)/t13-/m0/s1. The molecule has 6 heteroatoms. The van der Waals surface area contributed by atoms with Crippen LogP contribution in [0.25, 0.3) is 0 Å². The van der Waals surface area contributed by atoms with Gasteiger partial charge in [-0.05, 0) is 42.9 Å². The highest BCUT2D eigenvalue weighted by Crippen LogP contribution is 2.32. The summed E-state index contributed by atoms with van der Waals surface area (Å²) in [6.45, 7) is 2.50. The van der Waals surface area contributed by atoms with Crippen LogP contribution in [0.4, 0.5) is 10.5 Å². The van der Waals surface area contributed by atoms with Crippen molar-refractivity contribution in [1.29, 1.82) is 0 Å². The molecule has 0 spiro atoms. The number of amides is 2. The minimum atomic E-state index is -0.229. The molecule has 1 saturated carbocycles. The van der Waals surface area contributed by atoms with E-state index in [0.717, 1.165) is 24.8 Å². The first-order chi connectivity index (χ1) is 11.5. The SMILES string of the molecule is COCC1(NC(=O)Nc2ccc([C@@H](C)CC(=O)OC)cc2)CCC1. The Hall–Kier alpha value is -2.08. The average Bonchev–Trinajstić information content (AvgIpc) is 2.53. The number of urea groups is 1.